The molecular formula is C13H19BrN2O2S. The molecule has 1 saturated heterocycles. The van der Waals surface area contributed by atoms with E-state index in [-0.39, 0.29) is 0 Å². The summed E-state index contributed by atoms with van der Waals surface area (Å²) in [6.45, 7) is 3.30. The van der Waals surface area contributed by atoms with Crippen LogP contribution in [0.5, 0.6) is 0 Å². The predicted octanol–water partition coefficient (Wildman–Crippen LogP) is 2.97. The van der Waals surface area contributed by atoms with E-state index in [9.17, 15) is 8.42 Å². The molecule has 2 rings (SSSR count). The lowest BCUT2D eigenvalue weighted by molar-refractivity contribution is 0.282. The van der Waals surface area contributed by atoms with Crippen LogP contribution in [0.4, 0.5) is 5.69 Å². The number of hydrogen-bond acceptors (Lipinski definition) is 2. The molecule has 0 spiro atoms. The highest BCUT2D eigenvalue weighted by molar-refractivity contribution is 9.08. The summed E-state index contributed by atoms with van der Waals surface area (Å²) >= 11 is 3.37. The fraction of sp³-hybridized carbons (Fsp3) is 0.538. The molecule has 1 unspecified atom stereocenters. The van der Waals surface area contributed by atoms with E-state index in [2.05, 4.69) is 27.6 Å². The van der Waals surface area contributed by atoms with Gasteiger partial charge in [0.25, 0.3) is 0 Å². The second kappa shape index (κ2) is 6.24. The molecule has 1 heterocycles. The van der Waals surface area contributed by atoms with Crippen LogP contribution in [-0.2, 0) is 15.5 Å². The van der Waals surface area contributed by atoms with Crippen molar-refractivity contribution in [2.24, 2.45) is 5.92 Å². The third kappa shape index (κ3) is 3.94. The number of rotatable bonds is 4. The monoisotopic (exact) mass is 346 g/mol. The van der Waals surface area contributed by atoms with Gasteiger partial charge in [-0.25, -0.2) is 0 Å². The molecule has 106 valence electrons. The van der Waals surface area contributed by atoms with E-state index in [0.29, 0.717) is 30.0 Å². The molecule has 0 aliphatic carbocycles. The Hall–Kier alpha value is -0.590. The molecule has 1 aliphatic rings. The second-order valence-electron chi connectivity index (χ2n) is 5.05. The first-order valence-corrected chi connectivity index (χ1v) is 9.00. The third-order valence-electron chi connectivity index (χ3n) is 3.29. The molecule has 4 nitrogen and oxygen atoms in total. The van der Waals surface area contributed by atoms with Gasteiger partial charge in [-0.1, -0.05) is 35.0 Å². The highest BCUT2D eigenvalue weighted by Crippen LogP contribution is 2.21. The molecule has 1 aromatic rings. The van der Waals surface area contributed by atoms with Crippen molar-refractivity contribution in [2.45, 2.75) is 25.1 Å². The summed E-state index contributed by atoms with van der Waals surface area (Å²) in [7, 11) is -3.43. The number of nitrogens with zero attached hydrogens (tertiary/aromatic N) is 1. The van der Waals surface area contributed by atoms with Crippen molar-refractivity contribution in [2.75, 3.05) is 17.8 Å². The van der Waals surface area contributed by atoms with Gasteiger partial charge < -0.3 is 0 Å². The smallest absolute Gasteiger partial charge is 0.271 e. The van der Waals surface area contributed by atoms with Crippen LogP contribution < -0.4 is 4.72 Å². The van der Waals surface area contributed by atoms with Crippen molar-refractivity contribution < 1.29 is 8.42 Å². The molecule has 1 N–H and O–H groups in total. The lowest BCUT2D eigenvalue weighted by atomic mass is 10.0. The van der Waals surface area contributed by atoms with Crippen molar-refractivity contribution in [1.82, 2.24) is 4.31 Å². The van der Waals surface area contributed by atoms with Gasteiger partial charge in [0.2, 0.25) is 0 Å². The summed E-state index contributed by atoms with van der Waals surface area (Å²) in [6.07, 6.45) is 2.04. The van der Waals surface area contributed by atoms with Crippen LogP contribution in [0, 0.1) is 5.92 Å². The minimum Gasteiger partial charge on any atom is -0.271 e. The largest absolute Gasteiger partial charge is 0.301 e. The SMILES string of the molecule is CC1CCCN(S(=O)(=O)Nc2cccc(CBr)c2)C1. The van der Waals surface area contributed by atoms with Crippen LogP contribution in [0.3, 0.4) is 0 Å². The molecule has 0 aromatic heterocycles. The van der Waals surface area contributed by atoms with Crippen molar-refractivity contribution >= 4 is 31.8 Å². The van der Waals surface area contributed by atoms with E-state index in [0.717, 1.165) is 18.4 Å². The van der Waals surface area contributed by atoms with E-state index >= 15 is 0 Å². The summed E-state index contributed by atoms with van der Waals surface area (Å²) < 4.78 is 28.8. The van der Waals surface area contributed by atoms with Gasteiger partial charge >= 0.3 is 10.2 Å². The number of halogens is 1. The maximum atomic E-state index is 12.3. The number of hydrogen-bond donors (Lipinski definition) is 1. The van der Waals surface area contributed by atoms with Crippen LogP contribution in [0.2, 0.25) is 0 Å². The van der Waals surface area contributed by atoms with E-state index in [1.54, 1.807) is 10.4 Å². The lowest BCUT2D eigenvalue weighted by Gasteiger charge is -2.30. The van der Waals surface area contributed by atoms with Gasteiger partial charge in [0.1, 0.15) is 0 Å². The second-order valence-corrected chi connectivity index (χ2v) is 7.28. The molecule has 1 aliphatic heterocycles. The maximum absolute atomic E-state index is 12.3. The van der Waals surface area contributed by atoms with Crippen molar-refractivity contribution in [3.63, 3.8) is 0 Å². The zero-order valence-corrected chi connectivity index (χ0v) is 13.4. The topological polar surface area (TPSA) is 49.4 Å². The highest BCUT2D eigenvalue weighted by atomic mass is 79.9. The zero-order chi connectivity index (χ0) is 13.9. The number of anilines is 1. The van der Waals surface area contributed by atoms with E-state index in [1.165, 1.54) is 0 Å². The lowest BCUT2D eigenvalue weighted by Crippen LogP contribution is -2.42. The standard InChI is InChI=1S/C13H19BrN2O2S/c1-11-4-3-7-16(10-11)19(17,18)15-13-6-2-5-12(8-13)9-14/h2,5-6,8,11,15H,3-4,7,9-10H2,1H3. The number of alkyl halides is 1. The molecule has 19 heavy (non-hydrogen) atoms. The van der Waals surface area contributed by atoms with Crippen molar-refractivity contribution in [3.8, 4) is 0 Å². The summed E-state index contributed by atoms with van der Waals surface area (Å²) in [6, 6.07) is 7.43. The number of benzene rings is 1. The predicted molar refractivity (Wildman–Crippen MR) is 81.6 cm³/mol. The van der Waals surface area contributed by atoms with E-state index in [4.69, 9.17) is 0 Å². The van der Waals surface area contributed by atoms with Crippen LogP contribution in [0.15, 0.2) is 24.3 Å². The van der Waals surface area contributed by atoms with Crippen LogP contribution in [0.1, 0.15) is 25.3 Å². The van der Waals surface area contributed by atoms with Gasteiger partial charge in [0.15, 0.2) is 0 Å². The van der Waals surface area contributed by atoms with Crippen LogP contribution in [0.25, 0.3) is 0 Å². The molecular weight excluding hydrogens is 328 g/mol. The van der Waals surface area contributed by atoms with Crippen LogP contribution in [-0.4, -0.2) is 25.8 Å². The van der Waals surface area contributed by atoms with Gasteiger partial charge in [0, 0.05) is 18.4 Å². The molecule has 1 aromatic carbocycles. The fourth-order valence-corrected chi connectivity index (χ4v) is 4.02. The Balaban J connectivity index is 2.11. The summed E-state index contributed by atoms with van der Waals surface area (Å²) in [5.74, 6) is 0.430. The number of piperidine rings is 1. The highest BCUT2D eigenvalue weighted by Gasteiger charge is 2.26. The number of nitrogens with one attached hydrogen (secondary N) is 1. The summed E-state index contributed by atoms with van der Waals surface area (Å²) in [5, 5.41) is 0.712. The van der Waals surface area contributed by atoms with Gasteiger partial charge in [-0.15, -0.1) is 0 Å². The molecule has 0 saturated carbocycles. The Morgan fingerprint density at radius 3 is 2.95 bits per heavy atom. The third-order valence-corrected chi connectivity index (χ3v) is 5.44. The first kappa shape index (κ1) is 14.8. The molecule has 0 amide bonds. The van der Waals surface area contributed by atoms with E-state index < -0.39 is 10.2 Å². The summed E-state index contributed by atoms with van der Waals surface area (Å²) in [4.78, 5) is 0. The van der Waals surface area contributed by atoms with Crippen molar-refractivity contribution in [3.05, 3.63) is 29.8 Å². The quantitative estimate of drug-likeness (QED) is 0.852. The van der Waals surface area contributed by atoms with Crippen molar-refractivity contribution in [1.29, 1.82) is 0 Å². The Morgan fingerprint density at radius 1 is 1.47 bits per heavy atom. The molecule has 6 heteroatoms. The summed E-state index contributed by atoms with van der Waals surface area (Å²) in [5.41, 5.74) is 1.67. The van der Waals surface area contributed by atoms with E-state index in [1.807, 2.05) is 18.2 Å². The first-order chi connectivity index (χ1) is 9.01. The Kier molecular flexibility index (Phi) is 4.86. The molecule has 1 atom stereocenters. The average molecular weight is 347 g/mol. The molecule has 1 fully saturated rings. The zero-order valence-electron chi connectivity index (χ0n) is 11.0. The normalized spacial score (nSPS) is 21.3. The van der Waals surface area contributed by atoms with Gasteiger partial charge in [-0.05, 0) is 36.5 Å². The van der Waals surface area contributed by atoms with Gasteiger partial charge in [-0.3, -0.25) is 4.72 Å². The van der Waals surface area contributed by atoms with Gasteiger partial charge in [-0.2, -0.15) is 12.7 Å². The molecule has 0 radical (unpaired) electrons. The molecule has 0 bridgehead atoms. The minimum atomic E-state index is -3.43. The van der Waals surface area contributed by atoms with Crippen LogP contribution >= 0.6 is 15.9 Å². The van der Waals surface area contributed by atoms with Gasteiger partial charge in [0.05, 0.1) is 5.69 Å². The Bertz CT molecular complexity index is 533. The first-order valence-electron chi connectivity index (χ1n) is 6.44. The minimum absolute atomic E-state index is 0.430. The Labute approximate surface area is 123 Å². The fourth-order valence-electron chi connectivity index (χ4n) is 2.30. The maximum Gasteiger partial charge on any atom is 0.301 e. The Morgan fingerprint density at radius 2 is 2.26 bits per heavy atom. The average Bonchev–Trinajstić information content (AvgIpc) is 2.38.